The second-order valence-electron chi connectivity index (χ2n) is 6.09. The monoisotopic (exact) mass is 282 g/mol. The zero-order valence-electron chi connectivity index (χ0n) is 12.3. The van der Waals surface area contributed by atoms with E-state index in [1.54, 1.807) is 0 Å². The first kappa shape index (κ1) is 12.7. The van der Waals surface area contributed by atoms with Gasteiger partial charge in [-0.05, 0) is 31.0 Å². The van der Waals surface area contributed by atoms with Crippen LogP contribution in [0.4, 0.5) is 11.4 Å². The van der Waals surface area contributed by atoms with Gasteiger partial charge >= 0.3 is 0 Å². The van der Waals surface area contributed by atoms with Gasteiger partial charge < -0.3 is 10.2 Å². The van der Waals surface area contributed by atoms with E-state index in [1.807, 2.05) is 0 Å². The highest BCUT2D eigenvalue weighted by Crippen LogP contribution is 2.31. The molecule has 110 valence electrons. The average Bonchev–Trinajstić information content (AvgIpc) is 3.18. The van der Waals surface area contributed by atoms with Crippen molar-refractivity contribution in [3.63, 3.8) is 0 Å². The first-order chi connectivity index (χ1) is 10.4. The molecule has 21 heavy (non-hydrogen) atoms. The third kappa shape index (κ3) is 2.50. The smallest absolute Gasteiger partial charge is 0.0817 e. The number of hydrogen-bond acceptors (Lipinski definition) is 3. The highest BCUT2D eigenvalue weighted by molar-refractivity contribution is 5.71. The molecule has 1 N–H and O–H groups in total. The van der Waals surface area contributed by atoms with Crippen molar-refractivity contribution in [1.29, 1.82) is 0 Å². The second-order valence-corrected chi connectivity index (χ2v) is 6.09. The summed E-state index contributed by atoms with van der Waals surface area (Å²) in [6.45, 7) is 2.94. The molecule has 1 aromatic carbocycles. The summed E-state index contributed by atoms with van der Waals surface area (Å²) >= 11 is 0. The van der Waals surface area contributed by atoms with Crippen LogP contribution in [0.1, 0.15) is 37.4 Å². The Kier molecular flexibility index (Phi) is 3.30. The maximum Gasteiger partial charge on any atom is 0.0817 e. The van der Waals surface area contributed by atoms with Gasteiger partial charge in [0.1, 0.15) is 0 Å². The van der Waals surface area contributed by atoms with E-state index in [0.29, 0.717) is 6.04 Å². The van der Waals surface area contributed by atoms with Crippen LogP contribution in [0.25, 0.3) is 0 Å². The molecule has 0 radical (unpaired) electrons. The number of anilines is 2. The summed E-state index contributed by atoms with van der Waals surface area (Å²) in [5.74, 6) is 0. The molecule has 2 heterocycles. The summed E-state index contributed by atoms with van der Waals surface area (Å²) < 4.78 is 2.19. The Hall–Kier alpha value is -1.97. The van der Waals surface area contributed by atoms with E-state index in [0.717, 1.165) is 19.6 Å². The molecule has 0 saturated heterocycles. The number of aromatic nitrogens is 2. The molecule has 0 unspecified atom stereocenters. The Balaban J connectivity index is 1.51. The number of fused-ring (bicyclic) bond motifs is 1. The highest BCUT2D eigenvalue weighted by atomic mass is 15.3. The molecule has 0 amide bonds. The molecule has 2 aromatic rings. The van der Waals surface area contributed by atoms with Gasteiger partial charge in [-0.15, -0.1) is 0 Å². The van der Waals surface area contributed by atoms with E-state index < -0.39 is 0 Å². The Morgan fingerprint density at radius 3 is 2.90 bits per heavy atom. The molecule has 4 rings (SSSR count). The summed E-state index contributed by atoms with van der Waals surface area (Å²) in [7, 11) is 0. The minimum atomic E-state index is 0.633. The zero-order chi connectivity index (χ0) is 14.1. The lowest BCUT2D eigenvalue weighted by atomic mass is 10.2. The molecule has 2 aliphatic rings. The van der Waals surface area contributed by atoms with Gasteiger partial charge in [-0.3, -0.25) is 4.68 Å². The molecular weight excluding hydrogens is 260 g/mol. The second kappa shape index (κ2) is 5.43. The van der Waals surface area contributed by atoms with Crippen LogP contribution in [0.5, 0.6) is 0 Å². The molecule has 1 fully saturated rings. The van der Waals surface area contributed by atoms with Crippen molar-refractivity contribution < 1.29 is 0 Å². The summed E-state index contributed by atoms with van der Waals surface area (Å²) in [5, 5.41) is 8.27. The maximum atomic E-state index is 4.81. The maximum absolute atomic E-state index is 4.81. The van der Waals surface area contributed by atoms with Crippen molar-refractivity contribution in [3.05, 3.63) is 42.2 Å². The third-order valence-corrected chi connectivity index (χ3v) is 4.66. The first-order valence-electron chi connectivity index (χ1n) is 8.02. The summed E-state index contributed by atoms with van der Waals surface area (Å²) in [4.78, 5) is 2.42. The van der Waals surface area contributed by atoms with Crippen LogP contribution in [0.3, 0.4) is 0 Å². The highest BCUT2D eigenvalue weighted by Gasteiger charge is 2.20. The predicted molar refractivity (Wildman–Crippen MR) is 85.7 cm³/mol. The van der Waals surface area contributed by atoms with E-state index >= 15 is 0 Å². The molecule has 1 aromatic heterocycles. The van der Waals surface area contributed by atoms with Crippen molar-refractivity contribution in [2.75, 3.05) is 23.3 Å². The normalized spacial score (nSPS) is 18.6. The van der Waals surface area contributed by atoms with Gasteiger partial charge in [-0.2, -0.15) is 5.10 Å². The quantitative estimate of drug-likeness (QED) is 0.936. The van der Waals surface area contributed by atoms with Crippen molar-refractivity contribution in [1.82, 2.24) is 9.78 Å². The van der Waals surface area contributed by atoms with Gasteiger partial charge in [0.15, 0.2) is 0 Å². The van der Waals surface area contributed by atoms with Crippen molar-refractivity contribution in [3.8, 4) is 0 Å². The summed E-state index contributed by atoms with van der Waals surface area (Å²) in [6.07, 6.45) is 7.45. The molecule has 1 saturated carbocycles. The number of nitrogens with zero attached hydrogens (tertiary/aromatic N) is 3. The Bertz CT molecular complexity index is 613. The fraction of sp³-hybridized carbons (Fsp3) is 0.471. The van der Waals surface area contributed by atoms with Crippen LogP contribution in [-0.2, 0) is 6.54 Å². The Morgan fingerprint density at radius 2 is 2.00 bits per heavy atom. The number of benzene rings is 1. The number of para-hydroxylation sites is 2. The SMILES string of the molecule is c1ccc2c(c1)NCCN2Cc1ccn(C2CCCC2)n1. The van der Waals surface area contributed by atoms with Crippen LogP contribution in [0, 0.1) is 0 Å². The third-order valence-electron chi connectivity index (χ3n) is 4.66. The van der Waals surface area contributed by atoms with Crippen LogP contribution < -0.4 is 10.2 Å². The number of rotatable bonds is 3. The van der Waals surface area contributed by atoms with Crippen LogP contribution in [0.2, 0.25) is 0 Å². The minimum absolute atomic E-state index is 0.633. The Labute approximate surface area is 125 Å². The average molecular weight is 282 g/mol. The fourth-order valence-electron chi connectivity index (χ4n) is 3.54. The lowest BCUT2D eigenvalue weighted by Gasteiger charge is -2.31. The standard InChI is InChI=1S/C17H22N4/c1-2-6-15(5-1)21-11-9-14(19-21)13-20-12-10-18-16-7-3-4-8-17(16)20/h3-4,7-9,11,15,18H,1-2,5-6,10,12-13H2. The molecule has 0 bridgehead atoms. The van der Waals surface area contributed by atoms with E-state index in [1.165, 1.54) is 42.8 Å². The molecule has 4 heteroatoms. The van der Waals surface area contributed by atoms with E-state index in [4.69, 9.17) is 5.10 Å². The van der Waals surface area contributed by atoms with Gasteiger partial charge in [-0.1, -0.05) is 25.0 Å². The summed E-state index contributed by atoms with van der Waals surface area (Å²) in [6, 6.07) is 11.4. The zero-order valence-corrected chi connectivity index (χ0v) is 12.3. The van der Waals surface area contributed by atoms with Crippen LogP contribution in [0.15, 0.2) is 36.5 Å². The van der Waals surface area contributed by atoms with Gasteiger partial charge in [0.2, 0.25) is 0 Å². The molecule has 4 nitrogen and oxygen atoms in total. The van der Waals surface area contributed by atoms with Crippen molar-refractivity contribution in [2.45, 2.75) is 38.3 Å². The van der Waals surface area contributed by atoms with E-state index in [2.05, 4.69) is 51.4 Å². The largest absolute Gasteiger partial charge is 0.382 e. The molecule has 0 atom stereocenters. The lowest BCUT2D eigenvalue weighted by Crippen LogP contribution is -2.33. The summed E-state index contributed by atoms with van der Waals surface area (Å²) in [5.41, 5.74) is 3.71. The van der Waals surface area contributed by atoms with Gasteiger partial charge in [0.05, 0.1) is 29.7 Å². The van der Waals surface area contributed by atoms with E-state index in [9.17, 15) is 0 Å². The Morgan fingerprint density at radius 1 is 1.14 bits per heavy atom. The topological polar surface area (TPSA) is 33.1 Å². The molecular formula is C17H22N4. The minimum Gasteiger partial charge on any atom is -0.382 e. The molecule has 0 spiro atoms. The van der Waals surface area contributed by atoms with Crippen molar-refractivity contribution in [2.24, 2.45) is 0 Å². The van der Waals surface area contributed by atoms with Gasteiger partial charge in [0, 0.05) is 19.3 Å². The number of nitrogens with one attached hydrogen (secondary N) is 1. The van der Waals surface area contributed by atoms with E-state index in [-0.39, 0.29) is 0 Å². The lowest BCUT2D eigenvalue weighted by molar-refractivity contribution is 0.462. The fourth-order valence-corrected chi connectivity index (χ4v) is 3.54. The number of hydrogen-bond donors (Lipinski definition) is 1. The first-order valence-corrected chi connectivity index (χ1v) is 8.02. The van der Waals surface area contributed by atoms with Gasteiger partial charge in [0.25, 0.3) is 0 Å². The van der Waals surface area contributed by atoms with Crippen LogP contribution >= 0.6 is 0 Å². The molecule has 1 aliphatic carbocycles. The van der Waals surface area contributed by atoms with Crippen LogP contribution in [-0.4, -0.2) is 22.9 Å². The van der Waals surface area contributed by atoms with Gasteiger partial charge in [-0.25, -0.2) is 0 Å². The predicted octanol–water partition coefficient (Wildman–Crippen LogP) is 3.43. The van der Waals surface area contributed by atoms with Crippen molar-refractivity contribution >= 4 is 11.4 Å². The molecule has 1 aliphatic heterocycles.